The minimum absolute atomic E-state index is 0.279. The van der Waals surface area contributed by atoms with Gasteiger partial charge in [-0.2, -0.15) is 0 Å². The number of rotatable bonds is 8. The number of hydrogen-bond acceptors (Lipinski definition) is 6. The molecule has 0 aromatic heterocycles. The number of esters is 1. The molecule has 2 aromatic carbocycles. The molecule has 1 atom stereocenters. The first-order chi connectivity index (χ1) is 13.3. The molecule has 7 nitrogen and oxygen atoms in total. The molecule has 0 saturated heterocycles. The first kappa shape index (κ1) is 21.7. The van der Waals surface area contributed by atoms with Crippen LogP contribution >= 0.6 is 11.6 Å². The lowest BCUT2D eigenvalue weighted by atomic mass is 10.1. The second-order valence-corrected chi connectivity index (χ2v) is 7.57. The van der Waals surface area contributed by atoms with Crippen molar-refractivity contribution in [3.8, 4) is 11.5 Å². The van der Waals surface area contributed by atoms with Crippen molar-refractivity contribution >= 4 is 40.0 Å². The smallest absolute Gasteiger partial charge is 0.338 e. The van der Waals surface area contributed by atoms with Gasteiger partial charge in [0.2, 0.25) is 0 Å². The summed E-state index contributed by atoms with van der Waals surface area (Å²) >= 11 is 6.06. The Morgan fingerprint density at radius 2 is 1.82 bits per heavy atom. The molecule has 0 fully saturated rings. The summed E-state index contributed by atoms with van der Waals surface area (Å²) in [6.07, 6.45) is 1.58. The van der Waals surface area contributed by atoms with E-state index in [1.54, 1.807) is 30.5 Å². The Balaban J connectivity index is 2.00. The highest BCUT2D eigenvalue weighted by Crippen LogP contribution is 2.35. The normalized spacial score (nSPS) is 11.4. The molecule has 28 heavy (non-hydrogen) atoms. The van der Waals surface area contributed by atoms with Gasteiger partial charge < -0.3 is 19.5 Å². The number of benzene rings is 2. The second kappa shape index (κ2) is 10.1. The van der Waals surface area contributed by atoms with Gasteiger partial charge in [0.25, 0.3) is 5.91 Å². The Kier molecular flexibility index (Phi) is 7.83. The van der Waals surface area contributed by atoms with Crippen LogP contribution in [0.3, 0.4) is 0 Å². The quantitative estimate of drug-likeness (QED) is 0.654. The molecule has 150 valence electrons. The van der Waals surface area contributed by atoms with Crippen LogP contribution in [0.15, 0.2) is 36.4 Å². The zero-order chi connectivity index (χ0) is 20.7. The topological polar surface area (TPSA) is 90.9 Å². The van der Waals surface area contributed by atoms with Gasteiger partial charge in [-0.15, -0.1) is 0 Å². The van der Waals surface area contributed by atoms with Gasteiger partial charge in [-0.05, 0) is 23.8 Å². The number of ether oxygens (including phenoxy) is 3. The Morgan fingerprint density at radius 3 is 2.46 bits per heavy atom. The first-order valence-corrected chi connectivity index (χ1v) is 10.2. The maximum absolute atomic E-state index is 12.2. The van der Waals surface area contributed by atoms with Crippen molar-refractivity contribution in [3.05, 3.63) is 52.5 Å². The first-order valence-electron chi connectivity index (χ1n) is 8.11. The average Bonchev–Trinajstić information content (AvgIpc) is 2.66. The molecule has 9 heteroatoms. The van der Waals surface area contributed by atoms with Crippen LogP contribution in [-0.2, 0) is 26.1 Å². The molecule has 2 rings (SSSR count). The Labute approximate surface area is 170 Å². The molecule has 1 N–H and O–H groups in total. The van der Waals surface area contributed by atoms with Crippen molar-refractivity contribution in [2.75, 3.05) is 32.4 Å². The largest absolute Gasteiger partial charge is 0.495 e. The number of hydrogen-bond donors (Lipinski definition) is 1. The Morgan fingerprint density at radius 1 is 1.11 bits per heavy atom. The number of amides is 1. The Hall–Kier alpha value is -2.58. The molecule has 0 aliphatic heterocycles. The SMILES string of the molecule is COc1cc(OC)c(NC(=O)COC(=O)c2cccc(CS(C)=O)c2)cc1Cl. The second-order valence-electron chi connectivity index (χ2n) is 5.73. The van der Waals surface area contributed by atoms with Crippen molar-refractivity contribution in [2.24, 2.45) is 0 Å². The van der Waals surface area contributed by atoms with Crippen LogP contribution in [-0.4, -0.2) is 43.2 Å². The number of halogens is 1. The lowest BCUT2D eigenvalue weighted by Gasteiger charge is -2.13. The van der Waals surface area contributed by atoms with E-state index in [4.69, 9.17) is 25.8 Å². The van der Waals surface area contributed by atoms with Crippen LogP contribution in [0.2, 0.25) is 5.02 Å². The lowest BCUT2D eigenvalue weighted by Crippen LogP contribution is -2.21. The van der Waals surface area contributed by atoms with Gasteiger partial charge in [-0.3, -0.25) is 9.00 Å². The summed E-state index contributed by atoms with van der Waals surface area (Å²) in [4.78, 5) is 24.3. The van der Waals surface area contributed by atoms with E-state index in [9.17, 15) is 13.8 Å². The van der Waals surface area contributed by atoms with Crippen LogP contribution < -0.4 is 14.8 Å². The van der Waals surface area contributed by atoms with Gasteiger partial charge in [0, 0.05) is 28.9 Å². The third kappa shape index (κ3) is 5.97. The highest BCUT2D eigenvalue weighted by molar-refractivity contribution is 7.83. The van der Waals surface area contributed by atoms with Crippen molar-refractivity contribution in [1.82, 2.24) is 0 Å². The van der Waals surface area contributed by atoms with Crippen molar-refractivity contribution in [3.63, 3.8) is 0 Å². The van der Waals surface area contributed by atoms with Crippen molar-refractivity contribution in [2.45, 2.75) is 5.75 Å². The molecule has 0 bridgehead atoms. The van der Waals surface area contributed by atoms with Gasteiger partial charge in [-0.1, -0.05) is 23.7 Å². The fourth-order valence-corrected chi connectivity index (χ4v) is 3.27. The minimum Gasteiger partial charge on any atom is -0.495 e. The van der Waals surface area contributed by atoms with Gasteiger partial charge in [-0.25, -0.2) is 4.79 Å². The summed E-state index contributed by atoms with van der Waals surface area (Å²) in [5, 5.41) is 2.87. The predicted octanol–water partition coefficient (Wildman–Crippen LogP) is 3.03. The van der Waals surface area contributed by atoms with Gasteiger partial charge in [0.05, 0.1) is 30.5 Å². The fourth-order valence-electron chi connectivity index (χ4n) is 2.38. The molecule has 0 heterocycles. The summed E-state index contributed by atoms with van der Waals surface area (Å²) in [5.41, 5.74) is 1.35. The number of nitrogens with one attached hydrogen (secondary N) is 1. The van der Waals surface area contributed by atoms with Crippen molar-refractivity contribution in [1.29, 1.82) is 0 Å². The number of methoxy groups -OCH3 is 2. The van der Waals surface area contributed by atoms with E-state index in [-0.39, 0.29) is 5.56 Å². The third-order valence-corrected chi connectivity index (χ3v) is 4.65. The van der Waals surface area contributed by atoms with Crippen LogP contribution in [0.4, 0.5) is 5.69 Å². The van der Waals surface area contributed by atoms with E-state index in [1.807, 2.05) is 0 Å². The summed E-state index contributed by atoms with van der Waals surface area (Å²) in [6, 6.07) is 9.61. The van der Waals surface area contributed by atoms with Crippen LogP contribution in [0.5, 0.6) is 11.5 Å². The molecule has 1 unspecified atom stereocenters. The maximum Gasteiger partial charge on any atom is 0.338 e. The lowest BCUT2D eigenvalue weighted by molar-refractivity contribution is -0.119. The molecular formula is C19H20ClNO6S. The molecule has 0 saturated carbocycles. The van der Waals surface area contributed by atoms with E-state index in [1.165, 1.54) is 26.4 Å². The summed E-state index contributed by atoms with van der Waals surface area (Å²) in [5.74, 6) is -0.131. The average molecular weight is 426 g/mol. The molecule has 0 radical (unpaired) electrons. The predicted molar refractivity (Wildman–Crippen MR) is 108 cm³/mol. The highest BCUT2D eigenvalue weighted by atomic mass is 35.5. The van der Waals surface area contributed by atoms with E-state index >= 15 is 0 Å². The molecule has 0 aliphatic carbocycles. The monoisotopic (exact) mass is 425 g/mol. The minimum atomic E-state index is -1.03. The number of carbonyl (C=O) groups excluding carboxylic acids is 2. The van der Waals surface area contributed by atoms with Gasteiger partial charge in [0.15, 0.2) is 6.61 Å². The van der Waals surface area contributed by atoms with E-state index in [0.717, 1.165) is 5.56 Å². The fraction of sp³-hybridized carbons (Fsp3) is 0.263. The molecule has 0 spiro atoms. The summed E-state index contributed by atoms with van der Waals surface area (Å²) in [6.45, 7) is -0.491. The summed E-state index contributed by atoms with van der Waals surface area (Å²) < 4.78 is 26.7. The van der Waals surface area contributed by atoms with Crippen LogP contribution in [0.25, 0.3) is 0 Å². The van der Waals surface area contributed by atoms with Gasteiger partial charge >= 0.3 is 5.97 Å². The van der Waals surface area contributed by atoms with E-state index in [0.29, 0.717) is 28.0 Å². The maximum atomic E-state index is 12.2. The van der Waals surface area contributed by atoms with Crippen LogP contribution in [0, 0.1) is 0 Å². The molecule has 0 aliphatic rings. The van der Waals surface area contributed by atoms with Crippen molar-refractivity contribution < 1.29 is 28.0 Å². The van der Waals surface area contributed by atoms with E-state index < -0.39 is 29.3 Å². The summed E-state index contributed by atoms with van der Waals surface area (Å²) in [7, 11) is 1.88. The zero-order valence-electron chi connectivity index (χ0n) is 15.6. The van der Waals surface area contributed by atoms with Gasteiger partial charge in [0.1, 0.15) is 11.5 Å². The molecular weight excluding hydrogens is 406 g/mol. The standard InChI is InChI=1S/C19H20ClNO6S/c1-25-16-9-17(26-2)15(8-14(16)20)21-18(22)10-27-19(23)13-6-4-5-12(7-13)11-28(3)24/h4-9H,10-11H2,1-3H3,(H,21,22). The zero-order valence-corrected chi connectivity index (χ0v) is 17.2. The number of carbonyl (C=O) groups is 2. The van der Waals surface area contributed by atoms with Crippen LogP contribution in [0.1, 0.15) is 15.9 Å². The molecule has 2 aromatic rings. The van der Waals surface area contributed by atoms with E-state index in [2.05, 4.69) is 5.32 Å². The Bertz CT molecular complexity index is 902. The third-order valence-electron chi connectivity index (χ3n) is 3.61. The number of anilines is 1. The highest BCUT2D eigenvalue weighted by Gasteiger charge is 2.15. The molecule has 1 amide bonds.